The number of carbonyl (C=O) groups is 2. The summed E-state index contributed by atoms with van der Waals surface area (Å²) in [4.78, 5) is 27.2. The molecule has 0 aliphatic heterocycles. The van der Waals surface area contributed by atoms with Gasteiger partial charge in [0.2, 0.25) is 0 Å². The molecule has 1 aromatic heterocycles. The number of ketones is 1. The average molecular weight is 348 g/mol. The molecular weight excluding hydrogens is 328 g/mol. The van der Waals surface area contributed by atoms with Crippen LogP contribution in [0.15, 0.2) is 54.6 Å². The molecule has 0 aliphatic rings. The Bertz CT molecular complexity index is 941. The van der Waals surface area contributed by atoms with Crippen LogP contribution in [-0.4, -0.2) is 16.7 Å². The molecule has 0 aliphatic carbocycles. The van der Waals surface area contributed by atoms with Crippen molar-refractivity contribution in [3.05, 3.63) is 77.1 Å². The molecule has 5 nitrogen and oxygen atoms in total. The summed E-state index contributed by atoms with van der Waals surface area (Å²) in [6.07, 6.45) is 0. The molecule has 0 atom stereocenters. The van der Waals surface area contributed by atoms with E-state index in [1.165, 1.54) is 6.92 Å². The zero-order chi connectivity index (χ0) is 18.7. The van der Waals surface area contributed by atoms with Crippen molar-refractivity contribution in [2.75, 3.05) is 5.32 Å². The first-order valence-electron chi connectivity index (χ1n) is 8.30. The average Bonchev–Trinajstić information content (AvgIpc) is 2.92. The Morgan fingerprint density at radius 3 is 2.12 bits per heavy atom. The summed E-state index contributed by atoms with van der Waals surface area (Å²) < 4.78 is 5.73. The molecule has 0 saturated carbocycles. The van der Waals surface area contributed by atoms with E-state index in [9.17, 15) is 9.59 Å². The van der Waals surface area contributed by atoms with E-state index in [0.29, 0.717) is 34.0 Å². The van der Waals surface area contributed by atoms with E-state index in [-0.39, 0.29) is 11.7 Å². The third kappa shape index (κ3) is 3.67. The van der Waals surface area contributed by atoms with Gasteiger partial charge < -0.3 is 15.0 Å². The molecule has 2 N–H and O–H groups in total. The van der Waals surface area contributed by atoms with Crippen LogP contribution in [0.1, 0.15) is 39.0 Å². The van der Waals surface area contributed by atoms with Gasteiger partial charge in [-0.1, -0.05) is 18.2 Å². The molecule has 0 saturated heterocycles. The SMILES string of the molecule is CC(=O)c1c(C)[nH]c(C(=O)Nc2ccc(Oc3ccccc3)cc2)c1C. The van der Waals surface area contributed by atoms with Gasteiger partial charge in [-0.3, -0.25) is 9.59 Å². The quantitative estimate of drug-likeness (QED) is 0.646. The maximum atomic E-state index is 12.5. The number of aromatic amines is 1. The minimum Gasteiger partial charge on any atom is -0.457 e. The second kappa shape index (κ2) is 7.27. The molecule has 0 radical (unpaired) electrons. The second-order valence-electron chi connectivity index (χ2n) is 6.07. The van der Waals surface area contributed by atoms with Gasteiger partial charge in [0, 0.05) is 16.9 Å². The van der Waals surface area contributed by atoms with Crippen LogP contribution in [-0.2, 0) is 0 Å². The summed E-state index contributed by atoms with van der Waals surface area (Å²) in [6.45, 7) is 5.05. The first-order chi connectivity index (χ1) is 12.5. The lowest BCUT2D eigenvalue weighted by atomic mass is 10.1. The highest BCUT2D eigenvalue weighted by atomic mass is 16.5. The number of hydrogen-bond donors (Lipinski definition) is 2. The minimum absolute atomic E-state index is 0.0577. The largest absolute Gasteiger partial charge is 0.457 e. The summed E-state index contributed by atoms with van der Waals surface area (Å²) in [6, 6.07) is 16.6. The van der Waals surface area contributed by atoms with Crippen LogP contribution in [0.25, 0.3) is 0 Å². The van der Waals surface area contributed by atoms with Gasteiger partial charge in [-0.05, 0) is 62.7 Å². The van der Waals surface area contributed by atoms with Crippen LogP contribution in [0.2, 0.25) is 0 Å². The highest BCUT2D eigenvalue weighted by molar-refractivity contribution is 6.07. The third-order valence-electron chi connectivity index (χ3n) is 4.11. The summed E-state index contributed by atoms with van der Waals surface area (Å²) >= 11 is 0. The van der Waals surface area contributed by atoms with Crippen molar-refractivity contribution in [1.29, 1.82) is 0 Å². The smallest absolute Gasteiger partial charge is 0.272 e. The molecular formula is C21H20N2O3. The zero-order valence-electron chi connectivity index (χ0n) is 14.9. The number of aryl methyl sites for hydroxylation is 1. The topological polar surface area (TPSA) is 71.2 Å². The van der Waals surface area contributed by atoms with Gasteiger partial charge in [-0.2, -0.15) is 0 Å². The van der Waals surface area contributed by atoms with Crippen molar-refractivity contribution in [3.8, 4) is 11.5 Å². The monoisotopic (exact) mass is 348 g/mol. The van der Waals surface area contributed by atoms with Gasteiger partial charge in [-0.25, -0.2) is 0 Å². The Labute approximate surface area is 152 Å². The van der Waals surface area contributed by atoms with Gasteiger partial charge in [0.05, 0.1) is 0 Å². The lowest BCUT2D eigenvalue weighted by molar-refractivity contribution is 0.101. The van der Waals surface area contributed by atoms with Crippen molar-refractivity contribution in [3.63, 3.8) is 0 Å². The van der Waals surface area contributed by atoms with Gasteiger partial charge in [0.15, 0.2) is 5.78 Å². The van der Waals surface area contributed by atoms with Gasteiger partial charge in [0.1, 0.15) is 17.2 Å². The molecule has 3 rings (SSSR count). The lowest BCUT2D eigenvalue weighted by Crippen LogP contribution is -2.13. The maximum Gasteiger partial charge on any atom is 0.272 e. The standard InChI is InChI=1S/C21H20N2O3/c1-13-19(15(3)24)14(2)22-20(13)21(25)23-16-9-11-18(12-10-16)26-17-7-5-4-6-8-17/h4-12,22H,1-3H3,(H,23,25). The maximum absolute atomic E-state index is 12.5. The fourth-order valence-corrected chi connectivity index (χ4v) is 2.93. The van der Waals surface area contributed by atoms with Crippen molar-refractivity contribution in [1.82, 2.24) is 4.98 Å². The van der Waals surface area contributed by atoms with E-state index in [2.05, 4.69) is 10.3 Å². The molecule has 132 valence electrons. The number of aromatic nitrogens is 1. The molecule has 2 aromatic carbocycles. The number of amides is 1. The predicted molar refractivity (Wildman–Crippen MR) is 101 cm³/mol. The Hall–Kier alpha value is -3.34. The van der Waals surface area contributed by atoms with Crippen molar-refractivity contribution >= 4 is 17.4 Å². The van der Waals surface area contributed by atoms with Crippen LogP contribution in [0.3, 0.4) is 0 Å². The van der Waals surface area contributed by atoms with E-state index in [0.717, 1.165) is 5.75 Å². The van der Waals surface area contributed by atoms with Gasteiger partial charge in [-0.15, -0.1) is 0 Å². The summed E-state index contributed by atoms with van der Waals surface area (Å²) in [7, 11) is 0. The first-order valence-corrected chi connectivity index (χ1v) is 8.30. The summed E-state index contributed by atoms with van der Waals surface area (Å²) in [5.41, 5.74) is 2.98. The second-order valence-corrected chi connectivity index (χ2v) is 6.07. The van der Waals surface area contributed by atoms with E-state index >= 15 is 0 Å². The Kier molecular flexibility index (Phi) is 4.89. The fraction of sp³-hybridized carbons (Fsp3) is 0.143. The number of nitrogens with one attached hydrogen (secondary N) is 2. The van der Waals surface area contributed by atoms with Crippen LogP contribution in [0.5, 0.6) is 11.5 Å². The fourth-order valence-electron chi connectivity index (χ4n) is 2.93. The number of rotatable bonds is 5. The van der Waals surface area contributed by atoms with E-state index in [4.69, 9.17) is 4.74 Å². The predicted octanol–water partition coefficient (Wildman–Crippen LogP) is 4.88. The summed E-state index contributed by atoms with van der Waals surface area (Å²) in [5.74, 6) is 1.09. The normalized spacial score (nSPS) is 10.4. The lowest BCUT2D eigenvalue weighted by Gasteiger charge is -2.08. The number of para-hydroxylation sites is 1. The van der Waals surface area contributed by atoms with E-state index in [1.54, 1.807) is 38.1 Å². The number of carbonyl (C=O) groups excluding carboxylic acids is 2. The first kappa shape index (κ1) is 17.5. The molecule has 0 bridgehead atoms. The van der Waals surface area contributed by atoms with Crippen molar-refractivity contribution < 1.29 is 14.3 Å². The molecule has 26 heavy (non-hydrogen) atoms. The molecule has 5 heteroatoms. The van der Waals surface area contributed by atoms with E-state index in [1.807, 2.05) is 30.3 Å². The van der Waals surface area contributed by atoms with Crippen LogP contribution < -0.4 is 10.1 Å². The molecule has 3 aromatic rings. The number of anilines is 1. The Morgan fingerprint density at radius 2 is 1.54 bits per heavy atom. The molecule has 1 heterocycles. The van der Waals surface area contributed by atoms with Crippen molar-refractivity contribution in [2.45, 2.75) is 20.8 Å². The molecule has 0 fully saturated rings. The number of benzene rings is 2. The highest BCUT2D eigenvalue weighted by Crippen LogP contribution is 2.24. The van der Waals surface area contributed by atoms with E-state index < -0.39 is 0 Å². The number of Topliss-reactive ketones (excluding diaryl/α,β-unsaturated/α-hetero) is 1. The highest BCUT2D eigenvalue weighted by Gasteiger charge is 2.19. The molecule has 1 amide bonds. The van der Waals surface area contributed by atoms with Crippen LogP contribution >= 0.6 is 0 Å². The summed E-state index contributed by atoms with van der Waals surface area (Å²) in [5, 5.41) is 2.83. The van der Waals surface area contributed by atoms with Crippen molar-refractivity contribution in [2.24, 2.45) is 0 Å². The van der Waals surface area contributed by atoms with Gasteiger partial charge >= 0.3 is 0 Å². The molecule has 0 spiro atoms. The number of hydrogen-bond acceptors (Lipinski definition) is 3. The van der Waals surface area contributed by atoms with Crippen LogP contribution in [0.4, 0.5) is 5.69 Å². The van der Waals surface area contributed by atoms with Gasteiger partial charge in [0.25, 0.3) is 5.91 Å². The number of H-pyrrole nitrogens is 1. The molecule has 0 unspecified atom stereocenters. The third-order valence-corrected chi connectivity index (χ3v) is 4.11. The zero-order valence-corrected chi connectivity index (χ0v) is 14.9. The Morgan fingerprint density at radius 1 is 0.923 bits per heavy atom. The Balaban J connectivity index is 1.72. The van der Waals surface area contributed by atoms with Crippen LogP contribution in [0, 0.1) is 13.8 Å². The minimum atomic E-state index is -0.283. The number of ether oxygens (including phenoxy) is 1.